The summed E-state index contributed by atoms with van der Waals surface area (Å²) in [5.41, 5.74) is 5.22. The van der Waals surface area contributed by atoms with Crippen molar-refractivity contribution in [2.75, 3.05) is 12.4 Å². The van der Waals surface area contributed by atoms with Crippen LogP contribution in [0.5, 0.6) is 0 Å². The maximum atomic E-state index is 13.1. The Hall–Kier alpha value is -3.41. The number of rotatable bonds is 4. The third kappa shape index (κ3) is 3.29. The molecule has 1 aliphatic carbocycles. The summed E-state index contributed by atoms with van der Waals surface area (Å²) in [5, 5.41) is 10.5. The maximum absolute atomic E-state index is 13.1. The Morgan fingerprint density at radius 2 is 1.71 bits per heavy atom. The Bertz CT molecular complexity index is 1040. The summed E-state index contributed by atoms with van der Waals surface area (Å²) >= 11 is 0. The summed E-state index contributed by atoms with van der Waals surface area (Å²) in [5.74, 6) is -0.787. The van der Waals surface area contributed by atoms with Crippen LogP contribution in [0.25, 0.3) is 11.3 Å². The van der Waals surface area contributed by atoms with Crippen LogP contribution in [-0.4, -0.2) is 29.2 Å². The molecule has 0 saturated carbocycles. The Kier molecular flexibility index (Phi) is 4.93. The van der Waals surface area contributed by atoms with Crippen LogP contribution in [0.1, 0.15) is 44.8 Å². The lowest BCUT2D eigenvalue weighted by Gasteiger charge is -2.14. The molecule has 0 bridgehead atoms. The topological polar surface area (TPSA) is 84.1 Å². The second kappa shape index (κ2) is 7.68. The summed E-state index contributed by atoms with van der Waals surface area (Å²) in [6.07, 6.45) is 4.23. The average Bonchev–Trinajstić information content (AvgIpc) is 3.17. The summed E-state index contributed by atoms with van der Waals surface area (Å²) in [4.78, 5) is 25.0. The number of benzene rings is 2. The van der Waals surface area contributed by atoms with E-state index in [9.17, 15) is 9.59 Å². The van der Waals surface area contributed by atoms with Gasteiger partial charge in [-0.1, -0.05) is 30.3 Å². The number of aryl methyl sites for hydroxylation is 1. The van der Waals surface area contributed by atoms with Crippen LogP contribution in [0, 0.1) is 0 Å². The highest BCUT2D eigenvalue weighted by molar-refractivity contribution is 6.11. The van der Waals surface area contributed by atoms with Gasteiger partial charge in [0, 0.05) is 22.4 Å². The van der Waals surface area contributed by atoms with E-state index in [2.05, 4.69) is 15.5 Å². The van der Waals surface area contributed by atoms with Gasteiger partial charge in [-0.25, -0.2) is 4.79 Å². The number of para-hydroxylation sites is 1. The fourth-order valence-electron chi connectivity index (χ4n) is 3.66. The van der Waals surface area contributed by atoms with Crippen LogP contribution < -0.4 is 5.32 Å². The number of nitrogens with zero attached hydrogens (tertiary/aromatic N) is 1. The molecule has 0 saturated heterocycles. The molecule has 1 heterocycles. The quantitative estimate of drug-likeness (QED) is 0.675. The monoisotopic (exact) mass is 375 g/mol. The highest BCUT2D eigenvalue weighted by Crippen LogP contribution is 2.32. The van der Waals surface area contributed by atoms with E-state index in [0.717, 1.165) is 42.6 Å². The number of ether oxygens (including phenoxy) is 1. The van der Waals surface area contributed by atoms with Crippen molar-refractivity contribution in [3.05, 3.63) is 70.9 Å². The van der Waals surface area contributed by atoms with Gasteiger partial charge in [0.15, 0.2) is 0 Å². The van der Waals surface area contributed by atoms with E-state index >= 15 is 0 Å². The lowest BCUT2D eigenvalue weighted by molar-refractivity contribution is 0.0602. The molecule has 0 atom stereocenters. The molecule has 4 rings (SSSR count). The number of anilines is 1. The number of nitrogens with one attached hydrogen (secondary N) is 2. The average molecular weight is 375 g/mol. The lowest BCUT2D eigenvalue weighted by atomic mass is 9.92. The first-order valence-corrected chi connectivity index (χ1v) is 9.33. The van der Waals surface area contributed by atoms with Crippen LogP contribution in [0.15, 0.2) is 48.5 Å². The molecule has 0 unspecified atom stereocenters. The number of carbonyl (C=O) groups is 2. The molecule has 0 spiro atoms. The molecule has 1 amide bonds. The zero-order valence-electron chi connectivity index (χ0n) is 15.6. The Balaban J connectivity index is 1.69. The van der Waals surface area contributed by atoms with E-state index in [1.807, 2.05) is 18.2 Å². The Morgan fingerprint density at radius 3 is 2.54 bits per heavy atom. The van der Waals surface area contributed by atoms with Gasteiger partial charge in [0.2, 0.25) is 0 Å². The summed E-state index contributed by atoms with van der Waals surface area (Å²) in [6.45, 7) is 0. The number of amides is 1. The first-order valence-electron chi connectivity index (χ1n) is 9.33. The van der Waals surface area contributed by atoms with Crippen molar-refractivity contribution >= 4 is 17.6 Å². The predicted octanol–water partition coefficient (Wildman–Crippen LogP) is 3.99. The molecule has 2 aromatic carbocycles. The van der Waals surface area contributed by atoms with Gasteiger partial charge >= 0.3 is 5.97 Å². The van der Waals surface area contributed by atoms with Gasteiger partial charge in [-0.05, 0) is 43.9 Å². The minimum Gasteiger partial charge on any atom is -0.465 e. The standard InChI is InChI=1S/C22H21N3O3/c1-28-22(27)17-11-5-6-12-18(17)23-21(26)15-9-3-2-8-14(15)20-16-10-4-7-13-19(16)24-25-20/h2-3,5-6,8-9,11-12H,4,7,10,13H2,1H3,(H,23,26)(H,24,25). The lowest BCUT2D eigenvalue weighted by Crippen LogP contribution is -2.16. The van der Waals surface area contributed by atoms with Crippen molar-refractivity contribution in [2.45, 2.75) is 25.7 Å². The van der Waals surface area contributed by atoms with Crippen LogP contribution in [0.4, 0.5) is 5.69 Å². The van der Waals surface area contributed by atoms with E-state index in [1.165, 1.54) is 12.7 Å². The first kappa shape index (κ1) is 18.0. The van der Waals surface area contributed by atoms with Crippen molar-refractivity contribution in [1.29, 1.82) is 0 Å². The van der Waals surface area contributed by atoms with E-state index < -0.39 is 5.97 Å². The number of H-pyrrole nitrogens is 1. The van der Waals surface area contributed by atoms with E-state index in [1.54, 1.807) is 30.3 Å². The van der Waals surface area contributed by atoms with Crippen LogP contribution in [-0.2, 0) is 17.6 Å². The van der Waals surface area contributed by atoms with Gasteiger partial charge in [-0.3, -0.25) is 9.89 Å². The minimum atomic E-state index is -0.495. The fourth-order valence-corrected chi connectivity index (χ4v) is 3.66. The number of carbonyl (C=O) groups excluding carboxylic acids is 2. The fraction of sp³-hybridized carbons (Fsp3) is 0.227. The summed E-state index contributed by atoms with van der Waals surface area (Å²) in [7, 11) is 1.32. The molecule has 0 aliphatic heterocycles. The zero-order valence-corrected chi connectivity index (χ0v) is 15.6. The van der Waals surface area contributed by atoms with Crippen molar-refractivity contribution in [1.82, 2.24) is 10.2 Å². The minimum absolute atomic E-state index is 0.292. The highest BCUT2D eigenvalue weighted by Gasteiger charge is 2.22. The number of esters is 1. The van der Waals surface area contributed by atoms with Crippen LogP contribution in [0.3, 0.4) is 0 Å². The highest BCUT2D eigenvalue weighted by atomic mass is 16.5. The normalized spacial score (nSPS) is 12.9. The van der Waals surface area contributed by atoms with E-state index in [-0.39, 0.29) is 5.91 Å². The number of hydrogen-bond acceptors (Lipinski definition) is 4. The van der Waals surface area contributed by atoms with Crippen molar-refractivity contribution < 1.29 is 14.3 Å². The predicted molar refractivity (Wildman–Crippen MR) is 106 cm³/mol. The van der Waals surface area contributed by atoms with Gasteiger partial charge < -0.3 is 10.1 Å². The summed E-state index contributed by atoms with van der Waals surface area (Å²) < 4.78 is 4.80. The second-order valence-corrected chi connectivity index (χ2v) is 6.77. The molecule has 1 aliphatic rings. The summed E-state index contributed by atoms with van der Waals surface area (Å²) in [6, 6.07) is 14.2. The van der Waals surface area contributed by atoms with Crippen molar-refractivity contribution in [3.8, 4) is 11.3 Å². The maximum Gasteiger partial charge on any atom is 0.339 e. The molecule has 1 aromatic heterocycles. The first-order chi connectivity index (χ1) is 13.7. The van der Waals surface area contributed by atoms with E-state index in [0.29, 0.717) is 16.8 Å². The SMILES string of the molecule is COC(=O)c1ccccc1NC(=O)c1ccccc1-c1n[nH]c2c1CCCC2. The molecule has 0 radical (unpaired) electrons. The molecule has 2 N–H and O–H groups in total. The van der Waals surface area contributed by atoms with Gasteiger partial charge in [-0.15, -0.1) is 0 Å². The molecule has 0 fully saturated rings. The number of hydrogen-bond donors (Lipinski definition) is 2. The van der Waals surface area contributed by atoms with Gasteiger partial charge in [0.1, 0.15) is 0 Å². The van der Waals surface area contributed by atoms with Gasteiger partial charge in [0.05, 0.1) is 24.1 Å². The molecule has 28 heavy (non-hydrogen) atoms. The van der Waals surface area contributed by atoms with Crippen LogP contribution in [0.2, 0.25) is 0 Å². The van der Waals surface area contributed by atoms with Crippen molar-refractivity contribution in [2.24, 2.45) is 0 Å². The van der Waals surface area contributed by atoms with Gasteiger partial charge in [-0.2, -0.15) is 5.10 Å². The third-order valence-corrected chi connectivity index (χ3v) is 5.06. The smallest absolute Gasteiger partial charge is 0.339 e. The second-order valence-electron chi connectivity index (χ2n) is 6.77. The largest absolute Gasteiger partial charge is 0.465 e. The van der Waals surface area contributed by atoms with Crippen molar-refractivity contribution in [3.63, 3.8) is 0 Å². The third-order valence-electron chi connectivity index (χ3n) is 5.06. The molecule has 3 aromatic rings. The molecule has 142 valence electrons. The number of aromatic amines is 1. The van der Waals surface area contributed by atoms with Gasteiger partial charge in [0.25, 0.3) is 5.91 Å². The van der Waals surface area contributed by atoms with E-state index in [4.69, 9.17) is 4.74 Å². The molecule has 6 nitrogen and oxygen atoms in total. The Morgan fingerprint density at radius 1 is 1.00 bits per heavy atom. The molecule has 6 heteroatoms. The zero-order chi connectivity index (χ0) is 19.5. The Labute approximate surface area is 162 Å². The number of fused-ring (bicyclic) bond motifs is 1. The number of methoxy groups -OCH3 is 1. The van der Waals surface area contributed by atoms with Crippen LogP contribution >= 0.6 is 0 Å². The molecular weight excluding hydrogens is 354 g/mol. The molecular formula is C22H21N3O3. The number of aromatic nitrogens is 2.